The van der Waals surface area contributed by atoms with Gasteiger partial charge in [-0.25, -0.2) is 9.78 Å². The highest BCUT2D eigenvalue weighted by molar-refractivity contribution is 5.86. The van der Waals surface area contributed by atoms with Crippen LogP contribution < -0.4 is 4.74 Å². The summed E-state index contributed by atoms with van der Waals surface area (Å²) in [5, 5.41) is 9.62. The van der Waals surface area contributed by atoms with E-state index in [1.54, 1.807) is 6.20 Å². The summed E-state index contributed by atoms with van der Waals surface area (Å²) in [6.07, 6.45) is 4.91. The molecule has 0 spiro atoms. The van der Waals surface area contributed by atoms with Crippen LogP contribution in [0.4, 0.5) is 0 Å². The Balaban J connectivity index is 2.02. The van der Waals surface area contributed by atoms with Gasteiger partial charge < -0.3 is 14.6 Å². The molecule has 3 rings (SSSR count). The second-order valence-electron chi connectivity index (χ2n) is 7.01. The van der Waals surface area contributed by atoms with Crippen LogP contribution in [0.2, 0.25) is 0 Å². The second kappa shape index (κ2) is 8.97. The lowest BCUT2D eigenvalue weighted by molar-refractivity contribution is 0.0688. The first-order valence-electron chi connectivity index (χ1n) is 9.62. The third-order valence-electron chi connectivity index (χ3n) is 4.71. The van der Waals surface area contributed by atoms with Crippen molar-refractivity contribution in [2.45, 2.75) is 39.5 Å². The van der Waals surface area contributed by atoms with Gasteiger partial charge in [0, 0.05) is 23.7 Å². The molecular weight excluding hydrogens is 356 g/mol. The van der Waals surface area contributed by atoms with Crippen LogP contribution in [-0.2, 0) is 11.2 Å². The smallest absolute Gasteiger partial charge is 0.356 e. The Morgan fingerprint density at radius 2 is 2.18 bits per heavy atom. The van der Waals surface area contributed by atoms with Gasteiger partial charge in [0.1, 0.15) is 5.75 Å². The maximum Gasteiger partial charge on any atom is 0.356 e. The second-order valence-corrected chi connectivity index (χ2v) is 7.01. The molecule has 0 fully saturated rings. The zero-order valence-corrected chi connectivity index (χ0v) is 16.6. The van der Waals surface area contributed by atoms with Gasteiger partial charge in [-0.3, -0.25) is 4.98 Å². The quantitative estimate of drug-likeness (QED) is 0.777. The topological polar surface area (TPSA) is 81.5 Å². The number of carbonyl (C=O) groups is 1. The average molecular weight is 382 g/mol. The van der Waals surface area contributed by atoms with Gasteiger partial charge in [-0.1, -0.05) is 38.1 Å². The normalized spacial score (nSPS) is 14.1. The van der Waals surface area contributed by atoms with E-state index in [1.807, 2.05) is 39.0 Å². The molecule has 0 bridgehead atoms. The highest BCUT2D eigenvalue weighted by Crippen LogP contribution is 2.34. The van der Waals surface area contributed by atoms with E-state index in [2.05, 4.69) is 16.0 Å². The number of carboxylic acid groups (broad SMARTS) is 1. The van der Waals surface area contributed by atoms with E-state index < -0.39 is 5.97 Å². The first-order chi connectivity index (χ1) is 13.5. The molecule has 6 heteroatoms. The van der Waals surface area contributed by atoms with Crippen LogP contribution in [0.25, 0.3) is 5.57 Å². The number of para-hydroxylation sites is 1. The van der Waals surface area contributed by atoms with E-state index in [-0.39, 0.29) is 11.6 Å². The minimum atomic E-state index is -1.06. The molecule has 28 heavy (non-hydrogen) atoms. The molecule has 148 valence electrons. The number of ether oxygens (including phenoxy) is 2. The van der Waals surface area contributed by atoms with E-state index in [0.717, 1.165) is 23.3 Å². The van der Waals surface area contributed by atoms with Gasteiger partial charge in [-0.15, -0.1) is 0 Å². The molecule has 2 heterocycles. The summed E-state index contributed by atoms with van der Waals surface area (Å²) in [5.41, 5.74) is 4.25. The molecule has 1 aliphatic rings. The van der Waals surface area contributed by atoms with Crippen molar-refractivity contribution in [2.24, 2.45) is 0 Å². The summed E-state index contributed by atoms with van der Waals surface area (Å²) in [7, 11) is 0. The van der Waals surface area contributed by atoms with Gasteiger partial charge in [-0.2, -0.15) is 0 Å². The largest absolute Gasteiger partial charge is 0.493 e. The molecule has 6 nitrogen and oxygen atoms in total. The Labute approximate surface area is 165 Å². The molecule has 0 saturated carbocycles. The van der Waals surface area contributed by atoms with Crippen molar-refractivity contribution in [3.63, 3.8) is 0 Å². The van der Waals surface area contributed by atoms with Crippen LogP contribution in [0, 0.1) is 0 Å². The minimum Gasteiger partial charge on any atom is -0.493 e. The van der Waals surface area contributed by atoms with Crippen molar-refractivity contribution in [2.75, 3.05) is 19.8 Å². The van der Waals surface area contributed by atoms with Crippen LogP contribution in [-0.4, -0.2) is 40.9 Å². The fourth-order valence-corrected chi connectivity index (χ4v) is 3.25. The van der Waals surface area contributed by atoms with Crippen LogP contribution in [0.5, 0.6) is 5.75 Å². The molecule has 2 aromatic rings. The van der Waals surface area contributed by atoms with Crippen molar-refractivity contribution in [3.05, 3.63) is 58.7 Å². The molecule has 0 unspecified atom stereocenters. The highest BCUT2D eigenvalue weighted by atomic mass is 16.5. The lowest BCUT2D eigenvalue weighted by Gasteiger charge is -2.20. The third-order valence-corrected chi connectivity index (χ3v) is 4.71. The number of nitrogens with zero attached hydrogens (tertiary/aromatic N) is 2. The Hall–Kier alpha value is -2.73. The number of carboxylic acids is 1. The molecule has 0 radical (unpaired) electrons. The first-order valence-corrected chi connectivity index (χ1v) is 9.62. The number of rotatable bonds is 7. The van der Waals surface area contributed by atoms with Gasteiger partial charge in [0.2, 0.25) is 0 Å². The molecule has 1 N–H and O–H groups in total. The van der Waals surface area contributed by atoms with Crippen molar-refractivity contribution in [1.82, 2.24) is 9.97 Å². The van der Waals surface area contributed by atoms with Crippen molar-refractivity contribution >= 4 is 11.5 Å². The van der Waals surface area contributed by atoms with Gasteiger partial charge in [0.05, 0.1) is 31.2 Å². The van der Waals surface area contributed by atoms with E-state index in [1.165, 1.54) is 5.57 Å². The van der Waals surface area contributed by atoms with Crippen LogP contribution in [0.1, 0.15) is 66.1 Å². The maximum atomic E-state index is 11.8. The van der Waals surface area contributed by atoms with Crippen molar-refractivity contribution < 1.29 is 19.4 Å². The lowest BCUT2D eigenvalue weighted by atomic mass is 9.96. The molecular formula is C22H26N2O4. The maximum absolute atomic E-state index is 11.8. The molecule has 1 aromatic carbocycles. The van der Waals surface area contributed by atoms with Crippen LogP contribution >= 0.6 is 0 Å². The third kappa shape index (κ3) is 4.39. The Kier molecular flexibility index (Phi) is 6.41. The van der Waals surface area contributed by atoms with Crippen LogP contribution in [0.15, 0.2) is 30.5 Å². The Morgan fingerprint density at radius 1 is 1.36 bits per heavy atom. The van der Waals surface area contributed by atoms with Gasteiger partial charge >= 0.3 is 5.97 Å². The number of hydrogen-bond acceptors (Lipinski definition) is 5. The number of aromatic carboxylic acids is 1. The van der Waals surface area contributed by atoms with E-state index in [9.17, 15) is 9.90 Å². The minimum absolute atomic E-state index is 0.00401. The summed E-state index contributed by atoms with van der Waals surface area (Å²) in [6.45, 7) is 7.68. The zero-order chi connectivity index (χ0) is 20.1. The zero-order valence-electron chi connectivity index (χ0n) is 16.6. The standard InChI is InChI=1S/C22H26N2O4/c1-4-28-21-16(6-5-7-17(21)15-8-10-27-11-9-15)12-18-20(22(25)26)24-19(13-23-18)14(2)3/h5-8,13-14H,4,9-12H2,1-3H3,(H,25,26). The monoisotopic (exact) mass is 382 g/mol. The molecule has 1 aromatic heterocycles. The molecule has 0 aliphatic carbocycles. The van der Waals surface area contributed by atoms with Crippen molar-refractivity contribution in [3.8, 4) is 5.75 Å². The van der Waals surface area contributed by atoms with Crippen molar-refractivity contribution in [1.29, 1.82) is 0 Å². The molecule has 0 atom stereocenters. The predicted molar refractivity (Wildman–Crippen MR) is 107 cm³/mol. The van der Waals surface area contributed by atoms with E-state index in [0.29, 0.717) is 37.6 Å². The number of hydrogen-bond donors (Lipinski definition) is 1. The van der Waals surface area contributed by atoms with E-state index in [4.69, 9.17) is 9.47 Å². The van der Waals surface area contributed by atoms with Gasteiger partial charge in [0.25, 0.3) is 0 Å². The van der Waals surface area contributed by atoms with Gasteiger partial charge in [-0.05, 0) is 24.8 Å². The fraction of sp³-hybridized carbons (Fsp3) is 0.409. The SMILES string of the molecule is CCOc1c(Cc2ncc(C(C)C)nc2C(=O)O)cccc1C1=CCOCC1. The summed E-state index contributed by atoms with van der Waals surface area (Å²) in [6, 6.07) is 5.97. The Bertz CT molecular complexity index is 890. The number of benzene rings is 1. The Morgan fingerprint density at radius 3 is 2.82 bits per heavy atom. The summed E-state index contributed by atoms with van der Waals surface area (Å²) >= 11 is 0. The van der Waals surface area contributed by atoms with Gasteiger partial charge in [0.15, 0.2) is 5.69 Å². The average Bonchev–Trinajstić information content (AvgIpc) is 2.70. The summed E-state index contributed by atoms with van der Waals surface area (Å²) in [5.74, 6) is -0.169. The van der Waals surface area contributed by atoms with E-state index >= 15 is 0 Å². The first kappa shape index (κ1) is 20.0. The molecule has 0 saturated heterocycles. The lowest BCUT2D eigenvalue weighted by Crippen LogP contribution is -2.12. The van der Waals surface area contributed by atoms with Crippen LogP contribution in [0.3, 0.4) is 0 Å². The number of aromatic nitrogens is 2. The molecule has 0 amide bonds. The fourth-order valence-electron chi connectivity index (χ4n) is 3.25. The highest BCUT2D eigenvalue weighted by Gasteiger charge is 2.20. The molecule has 1 aliphatic heterocycles. The predicted octanol–water partition coefficient (Wildman–Crippen LogP) is 4.09. The summed E-state index contributed by atoms with van der Waals surface area (Å²) < 4.78 is 11.4. The summed E-state index contributed by atoms with van der Waals surface area (Å²) in [4.78, 5) is 20.5.